The first-order valence-corrected chi connectivity index (χ1v) is 18.1. The van der Waals surface area contributed by atoms with Gasteiger partial charge in [0.15, 0.2) is 18.1 Å². The molecule has 5 nitrogen and oxygen atoms in total. The summed E-state index contributed by atoms with van der Waals surface area (Å²) in [7, 11) is -2.70. The lowest BCUT2D eigenvalue weighted by atomic mass is 9.79. The van der Waals surface area contributed by atoms with Crippen LogP contribution in [0.15, 0.2) is 24.3 Å². The molecule has 0 N–H and O–H groups in total. The molecule has 0 aromatic heterocycles. The monoisotopic (exact) mass is 491 g/mol. The molecule has 2 saturated heterocycles. The maximum absolute atomic E-state index is 13.2. The van der Waals surface area contributed by atoms with Gasteiger partial charge in [0, 0.05) is 24.6 Å². The van der Waals surface area contributed by atoms with Crippen molar-refractivity contribution in [2.45, 2.75) is 98.5 Å². The molecule has 2 fully saturated rings. The Kier molecular flexibility index (Phi) is 7.59. The van der Waals surface area contributed by atoms with Crippen LogP contribution in [0.5, 0.6) is 0 Å². The Morgan fingerprint density at radius 3 is 2.12 bits per heavy atom. The first kappa shape index (κ1) is 26.4. The van der Waals surface area contributed by atoms with Crippen LogP contribution < -0.4 is 0 Å². The highest BCUT2D eigenvalue weighted by Crippen LogP contribution is 2.47. The van der Waals surface area contributed by atoms with Crippen LogP contribution in [0, 0.1) is 16.7 Å². The van der Waals surface area contributed by atoms with Gasteiger partial charge in [-0.15, -0.1) is 0 Å². The molecule has 0 saturated carbocycles. The zero-order valence-electron chi connectivity index (χ0n) is 22.4. The standard InChI is InChI=1S/C26H45NO4Si2/c1-24(2,3)20-15-21-16-26(31-33(9)10,29-23(28)27(21)17-20)19-13-11-18(12-14-19)22(25(4,5)6)30-32(7)8/h11-14,20-22,32-33H,15-17H2,1-10H3/t20-,21+,22?,26-/m0/s1. The van der Waals surface area contributed by atoms with E-state index >= 15 is 0 Å². The highest BCUT2D eigenvalue weighted by molar-refractivity contribution is 6.48. The molecule has 3 rings (SSSR count). The quantitative estimate of drug-likeness (QED) is 0.444. The van der Waals surface area contributed by atoms with E-state index in [-0.39, 0.29) is 29.1 Å². The number of hydrogen-bond acceptors (Lipinski definition) is 4. The van der Waals surface area contributed by atoms with Gasteiger partial charge < -0.3 is 18.5 Å². The number of benzene rings is 1. The van der Waals surface area contributed by atoms with Crippen molar-refractivity contribution < 1.29 is 18.4 Å². The summed E-state index contributed by atoms with van der Waals surface area (Å²) in [6, 6.07) is 8.62. The SMILES string of the molecule is C[SiH](C)OC(c1ccc([C@@]2(O[SiH](C)C)C[C@H]3C[C@H](C(C)(C)C)CN3C(=O)O2)cc1)C(C)(C)C. The number of amides is 1. The van der Waals surface area contributed by atoms with Crippen LogP contribution in [-0.4, -0.2) is 41.7 Å². The van der Waals surface area contributed by atoms with E-state index in [0.29, 0.717) is 12.3 Å². The smallest absolute Gasteiger partial charge is 0.412 e. The van der Waals surface area contributed by atoms with Crippen LogP contribution >= 0.6 is 0 Å². The van der Waals surface area contributed by atoms with Crippen LogP contribution in [0.25, 0.3) is 0 Å². The third kappa shape index (κ3) is 5.92. The third-order valence-corrected chi connectivity index (χ3v) is 8.57. The van der Waals surface area contributed by atoms with E-state index in [1.54, 1.807) is 0 Å². The lowest BCUT2D eigenvalue weighted by Gasteiger charge is -2.44. The first-order valence-electron chi connectivity index (χ1n) is 12.6. The maximum atomic E-state index is 13.2. The molecule has 0 bridgehead atoms. The zero-order valence-corrected chi connectivity index (χ0v) is 24.7. The fourth-order valence-corrected chi connectivity index (χ4v) is 7.33. The molecule has 4 atom stereocenters. The molecule has 2 heterocycles. The van der Waals surface area contributed by atoms with Crippen LogP contribution in [0.2, 0.25) is 26.2 Å². The molecule has 33 heavy (non-hydrogen) atoms. The molecule has 2 aliphatic rings. The largest absolute Gasteiger partial charge is 0.413 e. The molecule has 7 heteroatoms. The van der Waals surface area contributed by atoms with Crippen LogP contribution in [-0.2, 0) is 19.4 Å². The van der Waals surface area contributed by atoms with Crippen molar-refractivity contribution in [1.82, 2.24) is 4.90 Å². The van der Waals surface area contributed by atoms with Crippen LogP contribution in [0.4, 0.5) is 4.79 Å². The Morgan fingerprint density at radius 1 is 1.03 bits per heavy atom. The number of rotatable bonds is 6. The average molecular weight is 492 g/mol. The Balaban J connectivity index is 1.93. The molecule has 0 aliphatic carbocycles. The lowest BCUT2D eigenvalue weighted by molar-refractivity contribution is -0.192. The second-order valence-corrected chi connectivity index (χ2v) is 17.4. The van der Waals surface area contributed by atoms with Gasteiger partial charge in [0.2, 0.25) is 5.79 Å². The topological polar surface area (TPSA) is 48.0 Å². The number of cyclic esters (lactones) is 1. The minimum atomic E-state index is -1.49. The van der Waals surface area contributed by atoms with E-state index in [2.05, 4.69) is 92.0 Å². The Morgan fingerprint density at radius 2 is 1.64 bits per heavy atom. The number of carbonyl (C=O) groups is 1. The van der Waals surface area contributed by atoms with E-state index in [1.165, 1.54) is 5.56 Å². The number of fused-ring (bicyclic) bond motifs is 1. The lowest BCUT2D eigenvalue weighted by Crippen LogP contribution is -2.53. The van der Waals surface area contributed by atoms with Gasteiger partial charge in [0.05, 0.1) is 6.10 Å². The molecule has 1 unspecified atom stereocenters. The van der Waals surface area contributed by atoms with E-state index in [4.69, 9.17) is 13.6 Å². The summed E-state index contributed by atoms with van der Waals surface area (Å²) in [4.78, 5) is 15.1. The molecule has 2 aliphatic heterocycles. The second kappa shape index (κ2) is 9.48. The van der Waals surface area contributed by atoms with Crippen molar-refractivity contribution in [2.24, 2.45) is 16.7 Å². The number of carbonyl (C=O) groups excluding carboxylic acids is 1. The summed E-state index contributed by atoms with van der Waals surface area (Å²) in [5.74, 6) is -0.524. The Bertz CT molecular complexity index is 828. The number of ether oxygens (including phenoxy) is 1. The fourth-order valence-electron chi connectivity index (χ4n) is 5.18. The number of nitrogens with zero attached hydrogens (tertiary/aromatic N) is 1. The van der Waals surface area contributed by atoms with Gasteiger partial charge in [0.25, 0.3) is 0 Å². The van der Waals surface area contributed by atoms with Crippen LogP contribution in [0.3, 0.4) is 0 Å². The summed E-state index contributed by atoms with van der Waals surface area (Å²) in [6.45, 7) is 22.9. The van der Waals surface area contributed by atoms with Gasteiger partial charge in [-0.3, -0.25) is 0 Å². The first-order chi connectivity index (χ1) is 15.1. The molecule has 1 amide bonds. The van der Waals surface area contributed by atoms with Crippen molar-refractivity contribution in [3.8, 4) is 0 Å². The zero-order chi connectivity index (χ0) is 24.8. The van der Waals surface area contributed by atoms with Gasteiger partial charge >= 0.3 is 6.09 Å². The number of hydrogen-bond donors (Lipinski definition) is 0. The second-order valence-electron chi connectivity index (χ2n) is 12.6. The third-order valence-electron chi connectivity index (χ3n) is 6.90. The van der Waals surface area contributed by atoms with Gasteiger partial charge in [0.1, 0.15) is 0 Å². The van der Waals surface area contributed by atoms with Gasteiger partial charge in [-0.05, 0) is 54.9 Å². The van der Waals surface area contributed by atoms with Crippen LogP contribution in [0.1, 0.15) is 71.6 Å². The molecule has 1 aromatic carbocycles. The van der Waals surface area contributed by atoms with Crippen molar-refractivity contribution in [2.75, 3.05) is 6.54 Å². The summed E-state index contributed by atoms with van der Waals surface area (Å²) >= 11 is 0. The highest BCUT2D eigenvalue weighted by atomic mass is 28.3. The average Bonchev–Trinajstić information content (AvgIpc) is 3.10. The predicted molar refractivity (Wildman–Crippen MR) is 139 cm³/mol. The fraction of sp³-hybridized carbons (Fsp3) is 0.731. The Labute approximate surface area is 204 Å². The molecular formula is C26H45NO4Si2. The van der Waals surface area contributed by atoms with E-state index in [1.807, 2.05) is 4.90 Å². The van der Waals surface area contributed by atoms with Gasteiger partial charge in [-0.2, -0.15) is 0 Å². The summed E-state index contributed by atoms with van der Waals surface area (Å²) in [6.07, 6.45) is 1.49. The maximum Gasteiger partial charge on any atom is 0.412 e. The van der Waals surface area contributed by atoms with Crippen molar-refractivity contribution in [1.29, 1.82) is 0 Å². The minimum Gasteiger partial charge on any atom is -0.413 e. The van der Waals surface area contributed by atoms with Gasteiger partial charge in [-0.1, -0.05) is 65.8 Å². The van der Waals surface area contributed by atoms with E-state index in [9.17, 15) is 4.79 Å². The summed E-state index contributed by atoms with van der Waals surface area (Å²) in [5.41, 5.74) is 2.27. The summed E-state index contributed by atoms with van der Waals surface area (Å²) < 4.78 is 19.1. The highest BCUT2D eigenvalue weighted by Gasteiger charge is 2.53. The Hall–Kier alpha value is -1.16. The van der Waals surface area contributed by atoms with Crippen molar-refractivity contribution in [3.63, 3.8) is 0 Å². The van der Waals surface area contributed by atoms with Crippen molar-refractivity contribution in [3.05, 3.63) is 35.4 Å². The predicted octanol–water partition coefficient (Wildman–Crippen LogP) is 6.20. The molecule has 0 spiro atoms. The van der Waals surface area contributed by atoms with Crippen molar-refractivity contribution >= 4 is 24.2 Å². The summed E-state index contributed by atoms with van der Waals surface area (Å²) in [5, 5.41) is 0. The molecular weight excluding hydrogens is 446 g/mol. The molecule has 0 radical (unpaired) electrons. The molecule has 186 valence electrons. The van der Waals surface area contributed by atoms with Gasteiger partial charge in [-0.25, -0.2) is 4.79 Å². The van der Waals surface area contributed by atoms with E-state index in [0.717, 1.165) is 18.5 Å². The minimum absolute atomic E-state index is 0.00143. The molecule has 1 aromatic rings. The normalized spacial score (nSPS) is 27.2. The van der Waals surface area contributed by atoms with E-state index < -0.39 is 23.9 Å².